The smallest absolute Gasteiger partial charge is 0.261 e. The maximum Gasteiger partial charge on any atom is 0.261 e. The molecule has 1 aliphatic heterocycles. The minimum absolute atomic E-state index is 0.186. The largest absolute Gasteiger partial charge is 0.550 e. The molecule has 1 aliphatic rings. The van der Waals surface area contributed by atoms with Crippen molar-refractivity contribution in [3.63, 3.8) is 0 Å². The molecule has 1 aromatic carbocycles. The van der Waals surface area contributed by atoms with E-state index in [1.54, 1.807) is 0 Å². The van der Waals surface area contributed by atoms with E-state index in [9.17, 15) is 19.5 Å². The monoisotopic (exact) mass is 233 g/mol. The molecular formula is C11H9N2O4-. The van der Waals surface area contributed by atoms with Crippen molar-refractivity contribution in [1.29, 1.82) is 0 Å². The van der Waals surface area contributed by atoms with E-state index in [0.717, 1.165) is 4.90 Å². The number of benzene rings is 1. The molecule has 17 heavy (non-hydrogen) atoms. The van der Waals surface area contributed by atoms with Crippen molar-refractivity contribution in [2.24, 2.45) is 0 Å². The van der Waals surface area contributed by atoms with Crippen molar-refractivity contribution in [3.05, 3.63) is 29.3 Å². The molecule has 2 amide bonds. The second-order valence-corrected chi connectivity index (χ2v) is 3.69. The number of nitrogens with zero attached hydrogens (tertiary/aromatic N) is 1. The van der Waals surface area contributed by atoms with Crippen LogP contribution in [0, 0.1) is 0 Å². The highest BCUT2D eigenvalue weighted by molar-refractivity contribution is 6.21. The van der Waals surface area contributed by atoms with Crippen molar-refractivity contribution in [3.8, 4) is 0 Å². The van der Waals surface area contributed by atoms with E-state index < -0.39 is 17.8 Å². The van der Waals surface area contributed by atoms with E-state index in [1.165, 1.54) is 18.2 Å². The average molecular weight is 233 g/mol. The number of fused-ring (bicyclic) bond motifs is 1. The van der Waals surface area contributed by atoms with Gasteiger partial charge in [0, 0.05) is 24.6 Å². The van der Waals surface area contributed by atoms with Gasteiger partial charge in [0.15, 0.2) is 0 Å². The van der Waals surface area contributed by atoms with Crippen LogP contribution < -0.4 is 10.8 Å². The Morgan fingerprint density at radius 1 is 1.24 bits per heavy atom. The highest BCUT2D eigenvalue weighted by Gasteiger charge is 2.34. The minimum atomic E-state index is -1.30. The summed E-state index contributed by atoms with van der Waals surface area (Å²) >= 11 is 0. The van der Waals surface area contributed by atoms with Crippen molar-refractivity contribution >= 4 is 23.5 Å². The number of hydrogen-bond donors (Lipinski definition) is 1. The standard InChI is InChI=1S/C11H10N2O4/c12-6-1-2-7-8(5-6)11(17)13(10(7)16)4-3-9(14)15/h1-2,5H,3-4,12H2,(H,14,15)/p-1. The molecule has 2 rings (SSSR count). The number of carbonyl (C=O) groups is 3. The lowest BCUT2D eigenvalue weighted by molar-refractivity contribution is -0.305. The fraction of sp³-hybridized carbons (Fsp3) is 0.182. The molecule has 0 fully saturated rings. The lowest BCUT2D eigenvalue weighted by Gasteiger charge is -2.13. The van der Waals surface area contributed by atoms with Crippen LogP contribution in [-0.2, 0) is 4.79 Å². The Labute approximate surface area is 96.6 Å². The number of carboxylic acid groups (broad SMARTS) is 1. The summed E-state index contributed by atoms with van der Waals surface area (Å²) in [5.74, 6) is -2.31. The second-order valence-electron chi connectivity index (χ2n) is 3.69. The predicted molar refractivity (Wildman–Crippen MR) is 55.8 cm³/mol. The molecule has 0 saturated carbocycles. The highest BCUT2D eigenvalue weighted by Crippen LogP contribution is 2.24. The molecule has 0 radical (unpaired) electrons. The van der Waals surface area contributed by atoms with Crippen LogP contribution >= 0.6 is 0 Å². The number of rotatable bonds is 3. The van der Waals surface area contributed by atoms with Gasteiger partial charge in [-0.1, -0.05) is 0 Å². The van der Waals surface area contributed by atoms with Crippen LogP contribution in [-0.4, -0.2) is 29.2 Å². The fourth-order valence-electron chi connectivity index (χ4n) is 1.71. The first-order valence-corrected chi connectivity index (χ1v) is 4.96. The predicted octanol–water partition coefficient (Wildman–Crippen LogP) is -0.995. The third-order valence-electron chi connectivity index (χ3n) is 2.53. The van der Waals surface area contributed by atoms with Gasteiger partial charge in [-0.05, 0) is 18.2 Å². The summed E-state index contributed by atoms with van der Waals surface area (Å²) in [7, 11) is 0. The number of carboxylic acids is 1. The summed E-state index contributed by atoms with van der Waals surface area (Å²) in [5.41, 5.74) is 6.37. The molecule has 2 N–H and O–H groups in total. The minimum Gasteiger partial charge on any atom is -0.550 e. The van der Waals surface area contributed by atoms with Gasteiger partial charge in [-0.15, -0.1) is 0 Å². The summed E-state index contributed by atoms with van der Waals surface area (Å²) in [5, 5.41) is 10.3. The zero-order chi connectivity index (χ0) is 12.6. The molecule has 0 saturated heterocycles. The van der Waals surface area contributed by atoms with E-state index in [-0.39, 0.29) is 24.1 Å². The second kappa shape index (κ2) is 3.89. The van der Waals surface area contributed by atoms with Gasteiger partial charge in [-0.25, -0.2) is 0 Å². The van der Waals surface area contributed by atoms with Gasteiger partial charge in [0.2, 0.25) is 0 Å². The normalized spacial score (nSPS) is 14.0. The summed E-state index contributed by atoms with van der Waals surface area (Å²) in [6.45, 7) is -0.186. The molecule has 0 aromatic heterocycles. The molecule has 1 heterocycles. The first-order valence-electron chi connectivity index (χ1n) is 4.96. The highest BCUT2D eigenvalue weighted by atomic mass is 16.4. The van der Waals surface area contributed by atoms with Crippen LogP contribution in [0.1, 0.15) is 27.1 Å². The molecule has 6 heteroatoms. The van der Waals surface area contributed by atoms with Gasteiger partial charge >= 0.3 is 0 Å². The van der Waals surface area contributed by atoms with Gasteiger partial charge in [0.1, 0.15) is 0 Å². The SMILES string of the molecule is Nc1ccc2c(c1)C(=O)N(CCC(=O)[O-])C2=O. The van der Waals surface area contributed by atoms with E-state index in [4.69, 9.17) is 5.73 Å². The van der Waals surface area contributed by atoms with Crippen LogP contribution in [0.25, 0.3) is 0 Å². The summed E-state index contributed by atoms with van der Waals surface area (Å²) in [6.07, 6.45) is -0.374. The molecule has 0 spiro atoms. The van der Waals surface area contributed by atoms with E-state index in [2.05, 4.69) is 0 Å². The zero-order valence-electron chi connectivity index (χ0n) is 8.80. The summed E-state index contributed by atoms with van der Waals surface area (Å²) in [6, 6.07) is 4.39. The van der Waals surface area contributed by atoms with E-state index >= 15 is 0 Å². The van der Waals surface area contributed by atoms with Gasteiger partial charge in [0.25, 0.3) is 11.8 Å². The van der Waals surface area contributed by atoms with E-state index in [0.29, 0.717) is 5.69 Å². The first-order chi connectivity index (χ1) is 8.00. The maximum atomic E-state index is 11.8. The average Bonchev–Trinajstić information content (AvgIpc) is 2.49. The molecule has 0 bridgehead atoms. The number of amides is 2. The quantitative estimate of drug-likeness (QED) is 0.533. The van der Waals surface area contributed by atoms with Crippen LogP contribution in [0.3, 0.4) is 0 Å². The molecule has 1 aromatic rings. The lowest BCUT2D eigenvalue weighted by atomic mass is 10.1. The molecular weight excluding hydrogens is 224 g/mol. The van der Waals surface area contributed by atoms with Crippen LogP contribution in [0.2, 0.25) is 0 Å². The Kier molecular flexibility index (Phi) is 2.55. The topological polar surface area (TPSA) is 104 Å². The van der Waals surface area contributed by atoms with Gasteiger partial charge in [-0.2, -0.15) is 0 Å². The van der Waals surface area contributed by atoms with Gasteiger partial charge in [-0.3, -0.25) is 14.5 Å². The van der Waals surface area contributed by atoms with Gasteiger partial charge < -0.3 is 15.6 Å². The molecule has 6 nitrogen and oxygen atoms in total. The molecule has 0 atom stereocenters. The van der Waals surface area contributed by atoms with Crippen LogP contribution in [0.5, 0.6) is 0 Å². The third-order valence-corrected chi connectivity index (χ3v) is 2.53. The number of anilines is 1. The Balaban J connectivity index is 2.29. The number of carbonyl (C=O) groups excluding carboxylic acids is 3. The van der Waals surface area contributed by atoms with Crippen molar-refractivity contribution < 1.29 is 19.5 Å². The Morgan fingerprint density at radius 3 is 2.53 bits per heavy atom. The van der Waals surface area contributed by atoms with Crippen molar-refractivity contribution in [2.75, 3.05) is 12.3 Å². The fourth-order valence-corrected chi connectivity index (χ4v) is 1.71. The summed E-state index contributed by atoms with van der Waals surface area (Å²) < 4.78 is 0. The summed E-state index contributed by atoms with van der Waals surface area (Å²) in [4.78, 5) is 34.8. The molecule has 88 valence electrons. The van der Waals surface area contributed by atoms with Crippen molar-refractivity contribution in [2.45, 2.75) is 6.42 Å². The van der Waals surface area contributed by atoms with Crippen LogP contribution in [0.15, 0.2) is 18.2 Å². The maximum absolute atomic E-state index is 11.8. The zero-order valence-corrected chi connectivity index (χ0v) is 8.80. The number of nitrogen functional groups attached to an aromatic ring is 1. The van der Waals surface area contributed by atoms with Crippen LogP contribution in [0.4, 0.5) is 5.69 Å². The lowest BCUT2D eigenvalue weighted by Crippen LogP contribution is -2.34. The number of aliphatic carboxylic acids is 1. The van der Waals surface area contributed by atoms with Crippen molar-refractivity contribution in [1.82, 2.24) is 4.90 Å². The Morgan fingerprint density at radius 2 is 1.88 bits per heavy atom. The number of nitrogens with two attached hydrogens (primary N) is 1. The Hall–Kier alpha value is -2.37. The van der Waals surface area contributed by atoms with E-state index in [1.807, 2.05) is 0 Å². The molecule has 0 unspecified atom stereocenters. The third kappa shape index (κ3) is 1.84. The Bertz CT molecular complexity index is 524. The number of hydrogen-bond acceptors (Lipinski definition) is 5. The molecule has 0 aliphatic carbocycles. The van der Waals surface area contributed by atoms with Gasteiger partial charge in [0.05, 0.1) is 11.1 Å². The number of imide groups is 1. The first kappa shape index (κ1) is 11.1.